The fraction of sp³-hybridized carbons (Fsp3) is 0.667. The molecule has 10 nitrogen and oxygen atoms in total. The van der Waals surface area contributed by atoms with E-state index in [0.29, 0.717) is 43.4 Å². The SMILES string of the molecule is CC(C)(C)Cc1c([SH+]C(C)(C)C)[nH]c2c(CN3CC(CCCC(=O)CCCCCNC(=O)C4CCC(CN5C(=O)C=CC5=O)CC4)C3)c(O)ccc12.[OH-]. The van der Waals surface area contributed by atoms with Crippen molar-refractivity contribution in [2.75, 3.05) is 26.2 Å². The number of carbonyl (C=O) groups excluding carboxylic acids is 4. The van der Waals surface area contributed by atoms with E-state index in [9.17, 15) is 24.3 Å². The number of nitrogens with zero attached hydrogens (tertiary/aromatic N) is 2. The number of phenols is 1. The van der Waals surface area contributed by atoms with Crippen LogP contribution in [0.2, 0.25) is 0 Å². The first kappa shape index (κ1) is 42.6. The van der Waals surface area contributed by atoms with Gasteiger partial charge in [-0.1, -0.05) is 27.2 Å². The van der Waals surface area contributed by atoms with Gasteiger partial charge in [0, 0.05) is 91.9 Å². The predicted octanol–water partition coefficient (Wildman–Crippen LogP) is 6.84. The number of nitrogens with one attached hydrogen (secondary N) is 2. The number of aromatic hydroxyl groups is 1. The number of hydrogen-bond acceptors (Lipinski definition) is 7. The lowest BCUT2D eigenvalue weighted by Gasteiger charge is -2.39. The van der Waals surface area contributed by atoms with Gasteiger partial charge in [0.2, 0.25) is 10.9 Å². The fourth-order valence-electron chi connectivity index (χ4n) is 8.03. The molecule has 0 atom stereocenters. The van der Waals surface area contributed by atoms with Crippen molar-refractivity contribution in [2.24, 2.45) is 23.2 Å². The molecule has 5 rings (SSSR count). The number of rotatable bonds is 17. The predicted molar refractivity (Wildman–Crippen MR) is 212 cm³/mol. The molecule has 294 valence electrons. The Morgan fingerprint density at radius 3 is 2.19 bits per heavy atom. The third-order valence-electron chi connectivity index (χ3n) is 10.8. The van der Waals surface area contributed by atoms with Gasteiger partial charge in [0.05, 0.1) is 5.52 Å². The van der Waals surface area contributed by atoms with Gasteiger partial charge in [-0.3, -0.25) is 29.0 Å². The summed E-state index contributed by atoms with van der Waals surface area (Å²) >= 11 is 1.27. The molecule has 3 amide bonds. The number of phenolic OH excluding ortho intramolecular Hbond substituents is 1. The summed E-state index contributed by atoms with van der Waals surface area (Å²) in [6.45, 7) is 17.5. The second-order valence-corrected chi connectivity index (χ2v) is 19.9. The normalized spacial score (nSPS) is 19.8. The Kier molecular flexibility index (Phi) is 14.8. The number of Topliss-reactive ketones (excluding diaryl/α,β-unsaturated/α-hetero) is 1. The molecule has 0 bridgehead atoms. The van der Waals surface area contributed by atoms with Gasteiger partial charge in [-0.25, -0.2) is 0 Å². The highest BCUT2D eigenvalue weighted by Crippen LogP contribution is 2.38. The Morgan fingerprint density at radius 2 is 1.55 bits per heavy atom. The summed E-state index contributed by atoms with van der Waals surface area (Å²) in [5.74, 6) is 1.20. The van der Waals surface area contributed by atoms with Crippen molar-refractivity contribution in [1.29, 1.82) is 0 Å². The quantitative estimate of drug-likeness (QED) is 0.0693. The van der Waals surface area contributed by atoms with Crippen LogP contribution in [0.1, 0.15) is 123 Å². The van der Waals surface area contributed by atoms with Crippen molar-refractivity contribution >= 4 is 46.2 Å². The number of amides is 3. The van der Waals surface area contributed by atoms with Gasteiger partial charge < -0.3 is 20.9 Å². The number of ketones is 1. The number of H-pyrrole nitrogens is 1. The molecule has 1 aromatic heterocycles. The number of likely N-dealkylation sites (tertiary alicyclic amines) is 1. The molecular weight excluding hydrogens is 689 g/mol. The minimum Gasteiger partial charge on any atom is -0.870 e. The van der Waals surface area contributed by atoms with Crippen molar-refractivity contribution in [2.45, 2.75) is 135 Å². The number of imide groups is 1. The highest BCUT2D eigenvalue weighted by atomic mass is 32.2. The summed E-state index contributed by atoms with van der Waals surface area (Å²) < 4.78 is 0.130. The van der Waals surface area contributed by atoms with E-state index in [2.05, 4.69) is 62.8 Å². The second-order valence-electron chi connectivity index (χ2n) is 17.9. The maximum absolute atomic E-state index is 12.7. The average Bonchev–Trinajstić information content (AvgIpc) is 3.54. The molecule has 0 unspecified atom stereocenters. The number of carbonyl (C=O) groups is 4. The van der Waals surface area contributed by atoms with Crippen LogP contribution in [-0.4, -0.2) is 79.8 Å². The summed E-state index contributed by atoms with van der Waals surface area (Å²) in [6, 6.07) is 3.95. The molecule has 2 fully saturated rings. The maximum atomic E-state index is 12.7. The Balaban J connectivity index is 0.00000627. The highest BCUT2D eigenvalue weighted by Gasteiger charge is 2.33. The lowest BCUT2D eigenvalue weighted by Crippen LogP contribution is -2.45. The van der Waals surface area contributed by atoms with E-state index in [-0.39, 0.29) is 45.2 Å². The van der Waals surface area contributed by atoms with E-state index in [4.69, 9.17) is 0 Å². The van der Waals surface area contributed by atoms with Crippen molar-refractivity contribution < 1.29 is 29.8 Å². The van der Waals surface area contributed by atoms with E-state index in [0.717, 1.165) is 94.9 Å². The largest absolute Gasteiger partial charge is 0.870 e. The van der Waals surface area contributed by atoms with Gasteiger partial charge in [-0.15, -0.1) is 0 Å². The van der Waals surface area contributed by atoms with Gasteiger partial charge in [-0.2, -0.15) is 0 Å². The van der Waals surface area contributed by atoms with Gasteiger partial charge in [-0.05, 0) is 108 Å². The van der Waals surface area contributed by atoms with Crippen LogP contribution in [-0.2, 0) is 43.9 Å². The first-order valence-electron chi connectivity index (χ1n) is 19.7. The minimum atomic E-state index is -0.233. The second kappa shape index (κ2) is 18.5. The molecule has 1 aliphatic carbocycles. The Morgan fingerprint density at radius 1 is 0.887 bits per heavy atom. The van der Waals surface area contributed by atoms with Crippen LogP contribution in [0, 0.1) is 23.2 Å². The molecule has 4 N–H and O–H groups in total. The highest BCUT2D eigenvalue weighted by molar-refractivity contribution is 7.80. The molecule has 2 aromatic rings. The van der Waals surface area contributed by atoms with Crippen molar-refractivity contribution in [3.8, 4) is 5.75 Å². The van der Waals surface area contributed by atoms with Crippen LogP contribution >= 0.6 is 0 Å². The van der Waals surface area contributed by atoms with E-state index in [1.54, 1.807) is 0 Å². The number of fused-ring (bicyclic) bond motifs is 1. The van der Waals surface area contributed by atoms with E-state index < -0.39 is 0 Å². The zero-order valence-electron chi connectivity index (χ0n) is 32.9. The number of unbranched alkanes of at least 4 members (excludes halogenated alkanes) is 2. The molecule has 1 saturated carbocycles. The number of benzene rings is 1. The van der Waals surface area contributed by atoms with Crippen LogP contribution in [0.3, 0.4) is 0 Å². The Bertz CT molecular complexity index is 1600. The molecule has 11 heteroatoms. The molecule has 0 spiro atoms. The minimum absolute atomic E-state index is 0. The molecular formula is C42H64N4O6S. The number of aromatic nitrogens is 1. The Hall–Kier alpha value is -3.15. The van der Waals surface area contributed by atoms with Gasteiger partial charge >= 0.3 is 0 Å². The zero-order chi connectivity index (χ0) is 37.6. The standard InChI is InChI=1S/C42H62N4O5S.H2O/c1-41(2,3)23-33-32-18-19-35(48)34(38(32)44-40(33)52-42(4,5)6)27-45-24-29(25-45)11-10-13-31(47)12-8-7-9-22-43-39(51)30-16-14-28(15-17-30)26-46-36(49)20-21-37(46)50;/h18-21,28-30,44,48H,7-17,22-27H2,1-6H3,(H,43,51);1H2. The summed E-state index contributed by atoms with van der Waals surface area (Å²) in [4.78, 5) is 56.3. The monoisotopic (exact) mass is 752 g/mol. The van der Waals surface area contributed by atoms with Crippen molar-refractivity contribution in [1.82, 2.24) is 20.1 Å². The van der Waals surface area contributed by atoms with Gasteiger partial charge in [0.15, 0.2) is 0 Å². The first-order chi connectivity index (χ1) is 24.6. The molecule has 3 aliphatic rings. The van der Waals surface area contributed by atoms with E-state index >= 15 is 0 Å². The molecule has 0 radical (unpaired) electrons. The van der Waals surface area contributed by atoms with Gasteiger partial charge in [0.25, 0.3) is 11.8 Å². The van der Waals surface area contributed by atoms with E-state index in [1.165, 1.54) is 44.8 Å². The van der Waals surface area contributed by atoms with Crippen LogP contribution in [0.4, 0.5) is 0 Å². The topological polar surface area (TPSA) is 153 Å². The Labute approximate surface area is 320 Å². The van der Waals surface area contributed by atoms with Gasteiger partial charge in [0.1, 0.15) is 16.3 Å². The number of hydrogen-bond donors (Lipinski definition) is 3. The van der Waals surface area contributed by atoms with Crippen LogP contribution < -0.4 is 5.32 Å². The third-order valence-corrected chi connectivity index (χ3v) is 12.0. The number of thiol groups is 1. The smallest absolute Gasteiger partial charge is 0.253 e. The maximum Gasteiger partial charge on any atom is 0.253 e. The van der Waals surface area contributed by atoms with Crippen molar-refractivity contribution in [3.05, 3.63) is 35.4 Å². The molecule has 3 heterocycles. The summed E-state index contributed by atoms with van der Waals surface area (Å²) in [5, 5.41) is 16.5. The summed E-state index contributed by atoms with van der Waals surface area (Å²) in [6.07, 6.45) is 12.8. The van der Waals surface area contributed by atoms with Crippen molar-refractivity contribution in [3.63, 3.8) is 0 Å². The fourth-order valence-corrected chi connectivity index (χ4v) is 9.21. The first-order valence-corrected chi connectivity index (χ1v) is 20.6. The van der Waals surface area contributed by atoms with Crippen LogP contribution in [0.15, 0.2) is 29.3 Å². The lowest BCUT2D eigenvalue weighted by molar-refractivity contribution is -0.138. The molecule has 53 heavy (non-hydrogen) atoms. The molecule has 2 aliphatic heterocycles. The third kappa shape index (κ3) is 12.2. The molecule has 1 saturated heterocycles. The number of aromatic amines is 1. The van der Waals surface area contributed by atoms with E-state index in [1.807, 2.05) is 6.07 Å². The van der Waals surface area contributed by atoms with Crippen LogP contribution in [0.5, 0.6) is 5.75 Å². The summed E-state index contributed by atoms with van der Waals surface area (Å²) in [5.41, 5.74) is 3.59. The summed E-state index contributed by atoms with van der Waals surface area (Å²) in [7, 11) is 0. The average molecular weight is 753 g/mol. The van der Waals surface area contributed by atoms with Crippen LogP contribution in [0.25, 0.3) is 10.9 Å². The molecule has 1 aromatic carbocycles. The lowest BCUT2D eigenvalue weighted by atomic mass is 9.81. The zero-order valence-corrected chi connectivity index (χ0v) is 33.8.